The zero-order chi connectivity index (χ0) is 14.9. The molecule has 1 heteroatoms. The summed E-state index contributed by atoms with van der Waals surface area (Å²) in [4.78, 5) is 13.0. The van der Waals surface area contributed by atoms with Crippen molar-refractivity contribution in [3.63, 3.8) is 0 Å². The van der Waals surface area contributed by atoms with E-state index >= 15 is 0 Å². The highest BCUT2D eigenvalue weighted by atomic mass is 16.1. The van der Waals surface area contributed by atoms with Crippen molar-refractivity contribution in [1.29, 1.82) is 0 Å². The number of carbonyl (C=O) groups excluding carboxylic acids is 1. The van der Waals surface area contributed by atoms with E-state index in [1.807, 2.05) is 58.0 Å². The summed E-state index contributed by atoms with van der Waals surface area (Å²) >= 11 is 0. The first-order chi connectivity index (χ1) is 9.34. The number of ketones is 1. The molecule has 0 spiro atoms. The van der Waals surface area contributed by atoms with E-state index in [0.717, 1.165) is 22.3 Å². The largest absolute Gasteiger partial charge is 0.293 e. The van der Waals surface area contributed by atoms with Gasteiger partial charge in [0.15, 0.2) is 5.78 Å². The maximum atomic E-state index is 13.0. The number of Topliss-reactive ketones (excluding diaryl/α,β-unsaturated/α-hetero) is 1. The summed E-state index contributed by atoms with van der Waals surface area (Å²) in [6.45, 7) is 10.1. The fourth-order valence-corrected chi connectivity index (χ4v) is 2.84. The van der Waals surface area contributed by atoms with Crippen LogP contribution in [0.2, 0.25) is 0 Å². The molecule has 0 bridgehead atoms. The molecule has 0 fully saturated rings. The molecule has 0 heterocycles. The maximum Gasteiger partial charge on any atom is 0.173 e. The third kappa shape index (κ3) is 2.53. The molecule has 1 nitrogen and oxygen atoms in total. The number of benzene rings is 2. The monoisotopic (exact) mass is 266 g/mol. The number of carbonyl (C=O) groups is 1. The second kappa shape index (κ2) is 5.24. The Morgan fingerprint density at radius 3 is 1.90 bits per heavy atom. The summed E-state index contributed by atoms with van der Waals surface area (Å²) in [7, 11) is 0. The molecule has 2 rings (SSSR count). The van der Waals surface area contributed by atoms with Crippen LogP contribution in [0, 0.1) is 20.8 Å². The third-order valence-corrected chi connectivity index (χ3v) is 3.97. The second-order valence-corrected chi connectivity index (χ2v) is 6.09. The van der Waals surface area contributed by atoms with E-state index in [4.69, 9.17) is 0 Å². The molecule has 104 valence electrons. The number of rotatable bonds is 3. The molecular formula is C19H22O. The highest BCUT2D eigenvalue weighted by molar-refractivity contribution is 6.05. The van der Waals surface area contributed by atoms with Crippen molar-refractivity contribution in [1.82, 2.24) is 0 Å². The van der Waals surface area contributed by atoms with E-state index in [1.54, 1.807) is 0 Å². The molecule has 0 aromatic heterocycles. The van der Waals surface area contributed by atoms with Gasteiger partial charge in [0.05, 0.1) is 5.41 Å². The Labute approximate surface area is 121 Å². The lowest BCUT2D eigenvalue weighted by atomic mass is 9.76. The van der Waals surface area contributed by atoms with Gasteiger partial charge in [-0.1, -0.05) is 48.0 Å². The van der Waals surface area contributed by atoms with Gasteiger partial charge in [-0.15, -0.1) is 0 Å². The van der Waals surface area contributed by atoms with Gasteiger partial charge in [0, 0.05) is 5.56 Å². The molecule has 0 amide bonds. The fourth-order valence-electron chi connectivity index (χ4n) is 2.84. The van der Waals surface area contributed by atoms with Crippen LogP contribution >= 0.6 is 0 Å². The minimum atomic E-state index is -0.508. The molecule has 0 atom stereocenters. The molecular weight excluding hydrogens is 244 g/mol. The van der Waals surface area contributed by atoms with Crippen LogP contribution in [0.4, 0.5) is 0 Å². The van der Waals surface area contributed by atoms with Crippen LogP contribution in [-0.4, -0.2) is 5.78 Å². The van der Waals surface area contributed by atoms with Gasteiger partial charge in [0.1, 0.15) is 0 Å². The lowest BCUT2D eigenvalue weighted by molar-refractivity contribution is 0.0907. The molecule has 0 unspecified atom stereocenters. The van der Waals surface area contributed by atoms with Gasteiger partial charge in [-0.3, -0.25) is 4.79 Å². The van der Waals surface area contributed by atoms with Crippen LogP contribution in [0.1, 0.15) is 46.5 Å². The van der Waals surface area contributed by atoms with E-state index in [2.05, 4.69) is 19.1 Å². The van der Waals surface area contributed by atoms with Crippen molar-refractivity contribution in [2.24, 2.45) is 0 Å². The first kappa shape index (κ1) is 14.5. The highest BCUT2D eigenvalue weighted by Gasteiger charge is 2.32. The Kier molecular flexibility index (Phi) is 3.80. The summed E-state index contributed by atoms with van der Waals surface area (Å²) in [5.41, 5.74) is 4.75. The fraction of sp³-hybridized carbons (Fsp3) is 0.316. The van der Waals surface area contributed by atoms with Crippen LogP contribution in [-0.2, 0) is 5.41 Å². The first-order valence-corrected chi connectivity index (χ1v) is 7.02. The van der Waals surface area contributed by atoms with Gasteiger partial charge in [-0.05, 0) is 51.3 Å². The summed E-state index contributed by atoms with van der Waals surface area (Å²) in [6.07, 6.45) is 0. The lowest BCUT2D eigenvalue weighted by Gasteiger charge is -2.26. The number of hydrogen-bond acceptors (Lipinski definition) is 1. The minimum absolute atomic E-state index is 0.193. The summed E-state index contributed by atoms with van der Waals surface area (Å²) in [5.74, 6) is 0.193. The molecule has 0 saturated carbocycles. The zero-order valence-electron chi connectivity index (χ0n) is 12.9. The van der Waals surface area contributed by atoms with Crippen molar-refractivity contribution in [2.45, 2.75) is 40.0 Å². The van der Waals surface area contributed by atoms with Crippen molar-refractivity contribution < 1.29 is 4.79 Å². The second-order valence-electron chi connectivity index (χ2n) is 6.09. The van der Waals surface area contributed by atoms with Gasteiger partial charge in [-0.2, -0.15) is 0 Å². The van der Waals surface area contributed by atoms with E-state index in [-0.39, 0.29) is 5.78 Å². The van der Waals surface area contributed by atoms with Gasteiger partial charge >= 0.3 is 0 Å². The predicted octanol–water partition coefficient (Wildman–Crippen LogP) is 4.77. The number of hydrogen-bond donors (Lipinski definition) is 0. The van der Waals surface area contributed by atoms with E-state index < -0.39 is 5.41 Å². The van der Waals surface area contributed by atoms with Gasteiger partial charge in [-0.25, -0.2) is 0 Å². The number of aryl methyl sites for hydroxylation is 3. The molecule has 0 N–H and O–H groups in total. The Morgan fingerprint density at radius 1 is 0.900 bits per heavy atom. The zero-order valence-corrected chi connectivity index (χ0v) is 12.9. The van der Waals surface area contributed by atoms with Crippen LogP contribution in [0.25, 0.3) is 0 Å². The summed E-state index contributed by atoms with van der Waals surface area (Å²) < 4.78 is 0. The lowest BCUT2D eigenvalue weighted by Crippen LogP contribution is -2.30. The Morgan fingerprint density at radius 2 is 1.40 bits per heavy atom. The van der Waals surface area contributed by atoms with E-state index in [1.165, 1.54) is 5.56 Å². The molecule has 0 aliphatic heterocycles. The first-order valence-electron chi connectivity index (χ1n) is 7.02. The molecule has 0 aliphatic carbocycles. The average molecular weight is 266 g/mol. The standard InChI is InChI=1S/C19H22O/c1-13-11-14(2)17(15(3)12-13)18(20)19(4,5)16-9-7-6-8-10-16/h6-12H,1-5H3. The van der Waals surface area contributed by atoms with Crippen LogP contribution in [0.15, 0.2) is 42.5 Å². The Hall–Kier alpha value is -1.89. The van der Waals surface area contributed by atoms with Gasteiger partial charge in [0.2, 0.25) is 0 Å². The maximum absolute atomic E-state index is 13.0. The summed E-state index contributed by atoms with van der Waals surface area (Å²) in [6, 6.07) is 14.2. The van der Waals surface area contributed by atoms with Crippen molar-refractivity contribution >= 4 is 5.78 Å². The molecule has 2 aromatic carbocycles. The van der Waals surface area contributed by atoms with Crippen LogP contribution in [0.5, 0.6) is 0 Å². The van der Waals surface area contributed by atoms with Gasteiger partial charge < -0.3 is 0 Å². The van der Waals surface area contributed by atoms with Crippen molar-refractivity contribution in [3.8, 4) is 0 Å². The topological polar surface area (TPSA) is 17.1 Å². The van der Waals surface area contributed by atoms with Crippen LogP contribution in [0.3, 0.4) is 0 Å². The molecule has 20 heavy (non-hydrogen) atoms. The molecule has 2 aromatic rings. The minimum Gasteiger partial charge on any atom is -0.293 e. The third-order valence-electron chi connectivity index (χ3n) is 3.97. The summed E-state index contributed by atoms with van der Waals surface area (Å²) in [5, 5.41) is 0. The van der Waals surface area contributed by atoms with Gasteiger partial charge in [0.25, 0.3) is 0 Å². The van der Waals surface area contributed by atoms with E-state index in [0.29, 0.717) is 0 Å². The van der Waals surface area contributed by atoms with Crippen LogP contribution < -0.4 is 0 Å². The molecule has 0 radical (unpaired) electrons. The van der Waals surface area contributed by atoms with Crippen molar-refractivity contribution in [3.05, 3.63) is 70.3 Å². The van der Waals surface area contributed by atoms with Crippen molar-refractivity contribution in [2.75, 3.05) is 0 Å². The normalized spacial score (nSPS) is 11.4. The highest BCUT2D eigenvalue weighted by Crippen LogP contribution is 2.30. The smallest absolute Gasteiger partial charge is 0.173 e. The molecule has 0 saturated heterocycles. The predicted molar refractivity (Wildman–Crippen MR) is 84.5 cm³/mol. The molecule has 0 aliphatic rings. The SMILES string of the molecule is Cc1cc(C)c(C(=O)C(C)(C)c2ccccc2)c(C)c1. The average Bonchev–Trinajstić information content (AvgIpc) is 2.38. The van der Waals surface area contributed by atoms with E-state index in [9.17, 15) is 4.79 Å². The Bertz CT molecular complexity index is 613. The quantitative estimate of drug-likeness (QED) is 0.731. The Balaban J connectivity index is 2.52.